The van der Waals surface area contributed by atoms with Crippen molar-refractivity contribution in [1.82, 2.24) is 14.7 Å². The lowest BCUT2D eigenvalue weighted by atomic mass is 10.2. The van der Waals surface area contributed by atoms with Gasteiger partial charge in [0, 0.05) is 19.6 Å². The van der Waals surface area contributed by atoms with Gasteiger partial charge in [0.1, 0.15) is 17.5 Å². The fourth-order valence-electron chi connectivity index (χ4n) is 2.20. The van der Waals surface area contributed by atoms with Gasteiger partial charge in [-0.15, -0.1) is 0 Å². The second-order valence-corrected chi connectivity index (χ2v) is 4.44. The Kier molecular flexibility index (Phi) is 2.84. The van der Waals surface area contributed by atoms with Crippen LogP contribution in [-0.4, -0.2) is 40.9 Å². The predicted octanol–water partition coefficient (Wildman–Crippen LogP) is 0.716. The number of anilines is 1. The number of rotatable bonds is 2. The normalized spacial score (nSPS) is 21.0. The van der Waals surface area contributed by atoms with E-state index in [0.29, 0.717) is 11.6 Å². The molecule has 5 nitrogen and oxygen atoms in total. The zero-order valence-corrected chi connectivity index (χ0v) is 9.99. The Hall–Kier alpha value is -1.54. The zero-order chi connectivity index (χ0) is 11.7. The van der Waals surface area contributed by atoms with E-state index in [-0.39, 0.29) is 0 Å². The van der Waals surface area contributed by atoms with Crippen LogP contribution in [0.4, 0.5) is 5.82 Å². The number of nitrogens with one attached hydrogen (secondary N) is 1. The summed E-state index contributed by atoms with van der Waals surface area (Å²) in [6.07, 6.45) is 1.12. The van der Waals surface area contributed by atoms with Crippen LogP contribution in [0.15, 0.2) is 0 Å². The summed E-state index contributed by atoms with van der Waals surface area (Å²) in [5, 5.41) is 16.8. The molecule has 0 amide bonds. The van der Waals surface area contributed by atoms with Crippen LogP contribution in [0, 0.1) is 18.3 Å². The Morgan fingerprint density at radius 2 is 2.25 bits per heavy atom. The van der Waals surface area contributed by atoms with Crippen molar-refractivity contribution in [3.63, 3.8) is 0 Å². The molecule has 1 aromatic heterocycles. The smallest absolute Gasteiger partial charge is 0.142 e. The Labute approximate surface area is 95.7 Å². The number of likely N-dealkylation sites (tertiary alicyclic amines) is 1. The number of hydrogen-bond donors (Lipinski definition) is 1. The number of aromatic nitrogens is 2. The molecule has 1 aromatic rings. The molecule has 1 atom stereocenters. The van der Waals surface area contributed by atoms with E-state index in [2.05, 4.69) is 28.4 Å². The summed E-state index contributed by atoms with van der Waals surface area (Å²) in [6, 6.07) is 2.63. The minimum Gasteiger partial charge on any atom is -0.365 e. The van der Waals surface area contributed by atoms with E-state index in [1.54, 1.807) is 4.68 Å². The van der Waals surface area contributed by atoms with Crippen molar-refractivity contribution in [3.8, 4) is 6.07 Å². The monoisotopic (exact) mass is 219 g/mol. The molecule has 1 N–H and O–H groups in total. The highest BCUT2D eigenvalue weighted by Crippen LogP contribution is 2.20. The SMILES string of the molecule is Cc1nn(C)c(NC2CCN(C)C2)c1C#N. The number of aryl methyl sites for hydroxylation is 2. The molecule has 16 heavy (non-hydrogen) atoms. The number of likely N-dealkylation sites (N-methyl/N-ethyl adjacent to an activating group) is 1. The molecule has 2 heterocycles. The van der Waals surface area contributed by atoms with Crippen molar-refractivity contribution in [2.45, 2.75) is 19.4 Å². The second-order valence-electron chi connectivity index (χ2n) is 4.44. The van der Waals surface area contributed by atoms with Gasteiger partial charge >= 0.3 is 0 Å². The molecule has 1 fully saturated rings. The minimum atomic E-state index is 0.423. The van der Waals surface area contributed by atoms with Crippen molar-refractivity contribution in [1.29, 1.82) is 5.26 Å². The third-order valence-corrected chi connectivity index (χ3v) is 3.07. The zero-order valence-electron chi connectivity index (χ0n) is 9.99. The quantitative estimate of drug-likeness (QED) is 0.796. The molecule has 1 aliphatic heterocycles. The first kappa shape index (κ1) is 11.0. The lowest BCUT2D eigenvalue weighted by molar-refractivity contribution is 0.414. The number of hydrogen-bond acceptors (Lipinski definition) is 4. The van der Waals surface area contributed by atoms with E-state index >= 15 is 0 Å². The van der Waals surface area contributed by atoms with Crippen LogP contribution in [0.3, 0.4) is 0 Å². The fourth-order valence-corrected chi connectivity index (χ4v) is 2.20. The van der Waals surface area contributed by atoms with Gasteiger partial charge in [0.15, 0.2) is 0 Å². The lowest BCUT2D eigenvalue weighted by Crippen LogP contribution is -2.25. The summed E-state index contributed by atoms with van der Waals surface area (Å²) < 4.78 is 1.76. The molecule has 86 valence electrons. The summed E-state index contributed by atoms with van der Waals surface area (Å²) >= 11 is 0. The van der Waals surface area contributed by atoms with Gasteiger partial charge in [-0.1, -0.05) is 0 Å². The van der Waals surface area contributed by atoms with Crippen LogP contribution in [0.5, 0.6) is 0 Å². The summed E-state index contributed by atoms with van der Waals surface area (Å²) in [6.45, 7) is 4.00. The Bertz CT molecular complexity index is 428. The van der Waals surface area contributed by atoms with Gasteiger partial charge in [0.05, 0.1) is 5.69 Å². The van der Waals surface area contributed by atoms with Crippen molar-refractivity contribution in [2.75, 3.05) is 25.5 Å². The largest absolute Gasteiger partial charge is 0.365 e. The first-order valence-electron chi connectivity index (χ1n) is 5.50. The molecule has 0 radical (unpaired) electrons. The Morgan fingerprint density at radius 3 is 2.81 bits per heavy atom. The molecule has 0 spiro atoms. The molecule has 1 unspecified atom stereocenters. The van der Waals surface area contributed by atoms with Crippen molar-refractivity contribution < 1.29 is 0 Å². The van der Waals surface area contributed by atoms with Gasteiger partial charge in [-0.25, -0.2) is 0 Å². The molecule has 1 aliphatic rings. The summed E-state index contributed by atoms with van der Waals surface area (Å²) in [5.41, 5.74) is 1.45. The van der Waals surface area contributed by atoms with Crippen LogP contribution in [0.25, 0.3) is 0 Å². The maximum absolute atomic E-state index is 9.08. The average molecular weight is 219 g/mol. The lowest BCUT2D eigenvalue weighted by Gasteiger charge is -2.14. The van der Waals surface area contributed by atoms with Gasteiger partial charge in [-0.05, 0) is 26.9 Å². The predicted molar refractivity (Wildman–Crippen MR) is 62.2 cm³/mol. The summed E-state index contributed by atoms with van der Waals surface area (Å²) in [4.78, 5) is 2.28. The van der Waals surface area contributed by atoms with E-state index in [0.717, 1.165) is 31.0 Å². The third kappa shape index (κ3) is 1.89. The van der Waals surface area contributed by atoms with E-state index in [1.165, 1.54) is 0 Å². The maximum Gasteiger partial charge on any atom is 0.142 e. The highest BCUT2D eigenvalue weighted by Gasteiger charge is 2.22. The molecule has 1 saturated heterocycles. The average Bonchev–Trinajstić information content (AvgIpc) is 2.73. The van der Waals surface area contributed by atoms with Crippen LogP contribution in [-0.2, 0) is 7.05 Å². The van der Waals surface area contributed by atoms with Crippen LogP contribution in [0.2, 0.25) is 0 Å². The minimum absolute atomic E-state index is 0.423. The van der Waals surface area contributed by atoms with Crippen molar-refractivity contribution in [3.05, 3.63) is 11.3 Å². The molecular weight excluding hydrogens is 202 g/mol. The molecule has 0 aromatic carbocycles. The first-order valence-corrected chi connectivity index (χ1v) is 5.50. The maximum atomic E-state index is 9.08. The molecular formula is C11H17N5. The summed E-state index contributed by atoms with van der Waals surface area (Å²) in [5.74, 6) is 0.848. The molecule has 2 rings (SSSR count). The van der Waals surface area contributed by atoms with Crippen LogP contribution in [0.1, 0.15) is 17.7 Å². The van der Waals surface area contributed by atoms with Gasteiger partial charge in [0.25, 0.3) is 0 Å². The van der Waals surface area contributed by atoms with E-state index in [1.807, 2.05) is 14.0 Å². The van der Waals surface area contributed by atoms with Gasteiger partial charge < -0.3 is 10.2 Å². The van der Waals surface area contributed by atoms with E-state index in [4.69, 9.17) is 5.26 Å². The highest BCUT2D eigenvalue weighted by molar-refractivity contribution is 5.55. The molecule has 5 heteroatoms. The van der Waals surface area contributed by atoms with E-state index < -0.39 is 0 Å². The standard InChI is InChI=1S/C11H17N5/c1-8-10(6-12)11(16(3)14-8)13-9-4-5-15(2)7-9/h9,13H,4-5,7H2,1-3H3. The van der Waals surface area contributed by atoms with Crippen LogP contribution < -0.4 is 5.32 Å². The number of nitriles is 1. The van der Waals surface area contributed by atoms with Gasteiger partial charge in [0.2, 0.25) is 0 Å². The third-order valence-electron chi connectivity index (χ3n) is 3.07. The highest BCUT2D eigenvalue weighted by atomic mass is 15.3. The summed E-state index contributed by atoms with van der Waals surface area (Å²) in [7, 11) is 3.98. The molecule has 0 bridgehead atoms. The van der Waals surface area contributed by atoms with Gasteiger partial charge in [-0.2, -0.15) is 10.4 Å². The van der Waals surface area contributed by atoms with Gasteiger partial charge in [-0.3, -0.25) is 4.68 Å². The Balaban J connectivity index is 2.18. The second kappa shape index (κ2) is 4.14. The fraction of sp³-hybridized carbons (Fsp3) is 0.636. The molecule has 0 aliphatic carbocycles. The van der Waals surface area contributed by atoms with Crippen LogP contribution >= 0.6 is 0 Å². The van der Waals surface area contributed by atoms with Crippen molar-refractivity contribution >= 4 is 5.82 Å². The first-order chi connectivity index (χ1) is 7.61. The molecule has 0 saturated carbocycles. The number of nitrogens with zero attached hydrogens (tertiary/aromatic N) is 4. The van der Waals surface area contributed by atoms with E-state index in [9.17, 15) is 0 Å². The van der Waals surface area contributed by atoms with Crippen molar-refractivity contribution in [2.24, 2.45) is 7.05 Å². The topological polar surface area (TPSA) is 56.9 Å². The Morgan fingerprint density at radius 1 is 1.50 bits per heavy atom.